The maximum Gasteiger partial charge on any atom is 0.246 e. The molecule has 118 valence electrons. The Morgan fingerprint density at radius 3 is 2.43 bits per heavy atom. The molecule has 0 spiro atoms. The lowest BCUT2D eigenvalue weighted by Crippen LogP contribution is -2.19. The molecule has 2 aromatic heterocycles. The summed E-state index contributed by atoms with van der Waals surface area (Å²) in [5.41, 5.74) is 4.79. The zero-order valence-corrected chi connectivity index (χ0v) is 13.4. The molecule has 1 N–H and O–H groups in total. The van der Waals surface area contributed by atoms with Crippen LogP contribution in [0.15, 0.2) is 42.9 Å². The minimum atomic E-state index is -0.101. The Kier molecular flexibility index (Phi) is 3.97. The summed E-state index contributed by atoms with van der Waals surface area (Å²) >= 11 is 0. The van der Waals surface area contributed by atoms with Crippen LogP contribution in [0, 0.1) is 20.8 Å². The summed E-state index contributed by atoms with van der Waals surface area (Å²) < 4.78 is 3.64. The number of imidazole rings is 1. The van der Waals surface area contributed by atoms with Gasteiger partial charge in [0.15, 0.2) is 0 Å². The van der Waals surface area contributed by atoms with E-state index in [1.54, 1.807) is 17.2 Å². The highest BCUT2D eigenvalue weighted by molar-refractivity contribution is 5.90. The lowest BCUT2D eigenvalue weighted by molar-refractivity contribution is -0.116. The van der Waals surface area contributed by atoms with Crippen LogP contribution in [0.1, 0.15) is 17.1 Å². The molecule has 3 rings (SSSR count). The van der Waals surface area contributed by atoms with Crippen LogP contribution in [0.3, 0.4) is 0 Å². The summed E-state index contributed by atoms with van der Waals surface area (Å²) in [6.07, 6.45) is 3.60. The highest BCUT2D eigenvalue weighted by Gasteiger charge is 2.07. The smallest absolute Gasteiger partial charge is 0.246 e. The number of carbonyl (C=O) groups is 1. The van der Waals surface area contributed by atoms with Crippen LogP contribution in [0.2, 0.25) is 0 Å². The molecule has 0 atom stereocenters. The molecule has 0 saturated heterocycles. The monoisotopic (exact) mass is 309 g/mol. The first-order valence-electron chi connectivity index (χ1n) is 7.44. The van der Waals surface area contributed by atoms with Crippen molar-refractivity contribution in [3.8, 4) is 5.69 Å². The second kappa shape index (κ2) is 6.08. The topological polar surface area (TPSA) is 64.7 Å². The molecule has 0 aliphatic rings. The Morgan fingerprint density at radius 2 is 1.87 bits per heavy atom. The Hall–Kier alpha value is -2.89. The number of rotatable bonds is 4. The molecule has 1 aromatic carbocycles. The Balaban J connectivity index is 1.67. The molecule has 23 heavy (non-hydrogen) atoms. The fourth-order valence-electron chi connectivity index (χ4n) is 2.36. The van der Waals surface area contributed by atoms with E-state index in [1.807, 2.05) is 55.7 Å². The third kappa shape index (κ3) is 3.31. The maximum absolute atomic E-state index is 12.0. The largest absolute Gasteiger partial charge is 0.324 e. The number of hydrogen-bond acceptors (Lipinski definition) is 3. The predicted octanol–water partition coefficient (Wildman–Crippen LogP) is 2.63. The molecule has 0 radical (unpaired) electrons. The Labute approximate surface area is 134 Å². The van der Waals surface area contributed by atoms with Crippen molar-refractivity contribution < 1.29 is 4.79 Å². The summed E-state index contributed by atoms with van der Waals surface area (Å²) in [6.45, 7) is 6.11. The van der Waals surface area contributed by atoms with Gasteiger partial charge in [-0.2, -0.15) is 5.10 Å². The third-order valence-corrected chi connectivity index (χ3v) is 3.76. The van der Waals surface area contributed by atoms with Crippen molar-refractivity contribution >= 4 is 11.6 Å². The van der Waals surface area contributed by atoms with Gasteiger partial charge in [-0.15, -0.1) is 0 Å². The van der Waals surface area contributed by atoms with Gasteiger partial charge in [-0.25, -0.2) is 4.98 Å². The molecule has 0 saturated carbocycles. The van der Waals surface area contributed by atoms with Crippen LogP contribution in [-0.2, 0) is 11.3 Å². The summed E-state index contributed by atoms with van der Waals surface area (Å²) in [4.78, 5) is 16.3. The van der Waals surface area contributed by atoms with Crippen LogP contribution in [0.25, 0.3) is 5.69 Å². The molecule has 1 amide bonds. The molecule has 0 bridgehead atoms. The average molecular weight is 309 g/mol. The number of hydrogen-bond donors (Lipinski definition) is 1. The standard InChI is InChI=1S/C17H19N5O/c1-12-8-9-21(20-12)10-17(23)19-15-4-6-16(7-5-15)22-11-18-13(2)14(22)3/h4-9,11H,10H2,1-3H3,(H,19,23). The molecule has 0 aliphatic carbocycles. The minimum absolute atomic E-state index is 0.101. The van der Waals surface area contributed by atoms with Gasteiger partial charge in [0.2, 0.25) is 5.91 Å². The minimum Gasteiger partial charge on any atom is -0.324 e. The first-order chi connectivity index (χ1) is 11.0. The van der Waals surface area contributed by atoms with E-state index in [4.69, 9.17) is 0 Å². The van der Waals surface area contributed by atoms with Crippen LogP contribution in [-0.4, -0.2) is 25.2 Å². The van der Waals surface area contributed by atoms with Gasteiger partial charge in [-0.3, -0.25) is 9.48 Å². The number of amides is 1. The Morgan fingerprint density at radius 1 is 1.13 bits per heavy atom. The number of nitrogens with one attached hydrogen (secondary N) is 1. The highest BCUT2D eigenvalue weighted by Crippen LogP contribution is 2.16. The molecule has 6 nitrogen and oxygen atoms in total. The molecular formula is C17H19N5O. The van der Waals surface area contributed by atoms with Crippen LogP contribution in [0.5, 0.6) is 0 Å². The van der Waals surface area contributed by atoms with Gasteiger partial charge < -0.3 is 9.88 Å². The molecule has 3 aromatic rings. The van der Waals surface area contributed by atoms with Crippen molar-refractivity contribution in [2.75, 3.05) is 5.32 Å². The first kappa shape index (κ1) is 15.0. The van der Waals surface area contributed by atoms with Gasteiger partial charge >= 0.3 is 0 Å². The van der Waals surface area contributed by atoms with Crippen molar-refractivity contribution in [1.29, 1.82) is 0 Å². The molecule has 6 heteroatoms. The number of anilines is 1. The zero-order valence-electron chi connectivity index (χ0n) is 13.4. The number of aromatic nitrogens is 4. The fraction of sp³-hybridized carbons (Fsp3) is 0.235. The molecule has 0 fully saturated rings. The molecule has 0 unspecified atom stereocenters. The second-order valence-corrected chi connectivity index (χ2v) is 5.54. The third-order valence-electron chi connectivity index (χ3n) is 3.76. The van der Waals surface area contributed by atoms with E-state index in [1.165, 1.54) is 0 Å². The molecule has 0 aliphatic heterocycles. The van der Waals surface area contributed by atoms with Crippen molar-refractivity contribution in [3.05, 3.63) is 59.9 Å². The average Bonchev–Trinajstić information content (AvgIpc) is 3.07. The van der Waals surface area contributed by atoms with Crippen molar-refractivity contribution in [1.82, 2.24) is 19.3 Å². The van der Waals surface area contributed by atoms with E-state index in [2.05, 4.69) is 15.4 Å². The quantitative estimate of drug-likeness (QED) is 0.805. The summed E-state index contributed by atoms with van der Waals surface area (Å²) in [7, 11) is 0. The summed E-state index contributed by atoms with van der Waals surface area (Å²) in [5.74, 6) is -0.101. The summed E-state index contributed by atoms with van der Waals surface area (Å²) in [5, 5.41) is 7.08. The maximum atomic E-state index is 12.0. The normalized spacial score (nSPS) is 10.7. The SMILES string of the molecule is Cc1ccn(CC(=O)Nc2ccc(-n3cnc(C)c3C)cc2)n1. The van der Waals surface area contributed by atoms with Gasteiger partial charge in [-0.1, -0.05) is 0 Å². The van der Waals surface area contributed by atoms with Crippen molar-refractivity contribution in [3.63, 3.8) is 0 Å². The number of aryl methyl sites for hydroxylation is 2. The van der Waals surface area contributed by atoms with E-state index < -0.39 is 0 Å². The van der Waals surface area contributed by atoms with Gasteiger partial charge in [0, 0.05) is 23.3 Å². The molecular weight excluding hydrogens is 290 g/mol. The number of carbonyl (C=O) groups excluding carboxylic acids is 1. The zero-order chi connectivity index (χ0) is 16.4. The van der Waals surface area contributed by atoms with E-state index >= 15 is 0 Å². The highest BCUT2D eigenvalue weighted by atomic mass is 16.2. The van der Waals surface area contributed by atoms with Crippen molar-refractivity contribution in [2.24, 2.45) is 0 Å². The number of nitrogens with zero attached hydrogens (tertiary/aromatic N) is 4. The fourth-order valence-corrected chi connectivity index (χ4v) is 2.36. The van der Waals surface area contributed by atoms with Gasteiger partial charge in [0.05, 0.1) is 17.7 Å². The van der Waals surface area contributed by atoms with E-state index in [0.717, 1.165) is 28.5 Å². The molecule has 2 heterocycles. The van der Waals surface area contributed by atoms with Gasteiger partial charge in [-0.05, 0) is 51.1 Å². The second-order valence-electron chi connectivity index (χ2n) is 5.54. The Bertz CT molecular complexity index is 829. The summed E-state index contributed by atoms with van der Waals surface area (Å²) in [6, 6.07) is 9.56. The van der Waals surface area contributed by atoms with E-state index in [-0.39, 0.29) is 12.5 Å². The first-order valence-corrected chi connectivity index (χ1v) is 7.44. The number of benzene rings is 1. The van der Waals surface area contributed by atoms with Gasteiger partial charge in [0.1, 0.15) is 6.54 Å². The van der Waals surface area contributed by atoms with Crippen LogP contribution in [0.4, 0.5) is 5.69 Å². The van der Waals surface area contributed by atoms with E-state index in [0.29, 0.717) is 0 Å². The van der Waals surface area contributed by atoms with Crippen LogP contribution >= 0.6 is 0 Å². The lowest BCUT2D eigenvalue weighted by Gasteiger charge is -2.08. The predicted molar refractivity (Wildman–Crippen MR) is 88.6 cm³/mol. The van der Waals surface area contributed by atoms with E-state index in [9.17, 15) is 4.79 Å². The van der Waals surface area contributed by atoms with Crippen LogP contribution < -0.4 is 5.32 Å². The lowest BCUT2D eigenvalue weighted by atomic mass is 10.2. The van der Waals surface area contributed by atoms with Gasteiger partial charge in [0.25, 0.3) is 0 Å². The van der Waals surface area contributed by atoms with Crippen molar-refractivity contribution in [2.45, 2.75) is 27.3 Å².